The van der Waals surface area contributed by atoms with E-state index in [0.29, 0.717) is 12.1 Å². The smallest absolute Gasteiger partial charge is 0.306 e. The summed E-state index contributed by atoms with van der Waals surface area (Å²) in [6.07, 6.45) is 7.52. The summed E-state index contributed by atoms with van der Waals surface area (Å²) in [5.74, 6) is 0.896. The lowest BCUT2D eigenvalue weighted by Gasteiger charge is -2.60. The Morgan fingerprint density at radius 2 is 1.63 bits per heavy atom. The van der Waals surface area contributed by atoms with Gasteiger partial charge in [-0.15, -0.1) is 0 Å². The maximum absolute atomic E-state index is 12.7. The number of nitrogens with one attached hydrogen (secondary N) is 1. The molecule has 1 N–H and O–H groups in total. The number of alkyl halides is 1. The van der Waals surface area contributed by atoms with Crippen LogP contribution in [-0.4, -0.2) is 28.8 Å². The summed E-state index contributed by atoms with van der Waals surface area (Å²) in [7, 11) is 0. The molecule has 4 aliphatic carbocycles. The van der Waals surface area contributed by atoms with Gasteiger partial charge in [-0.3, -0.25) is 9.59 Å². The van der Waals surface area contributed by atoms with Crippen molar-refractivity contribution in [2.75, 3.05) is 16.8 Å². The molecule has 35 heavy (non-hydrogen) atoms. The second-order valence-electron chi connectivity index (χ2n) is 11.3. The number of esters is 1. The molecular weight excluding hydrogens is 504 g/mol. The molecular formula is C29H35BrN2O3. The highest BCUT2D eigenvalue weighted by Gasteiger charge is 2.57. The number of carbonyl (C=O) groups is 2. The van der Waals surface area contributed by atoms with E-state index in [9.17, 15) is 9.59 Å². The maximum atomic E-state index is 12.7. The average Bonchev–Trinajstić information content (AvgIpc) is 2.77. The first kappa shape index (κ1) is 24.4. The van der Waals surface area contributed by atoms with Crippen LogP contribution in [0.25, 0.3) is 0 Å². The van der Waals surface area contributed by atoms with Gasteiger partial charge in [-0.1, -0.05) is 34.1 Å². The normalized spacial score (nSPS) is 28.7. The molecule has 2 atom stereocenters. The predicted octanol–water partition coefficient (Wildman–Crippen LogP) is 6.84. The fourth-order valence-corrected chi connectivity index (χ4v) is 8.79. The third kappa shape index (κ3) is 5.42. The molecule has 4 fully saturated rings. The number of ether oxygens (including phenoxy) is 1. The second kappa shape index (κ2) is 9.61. The van der Waals surface area contributed by atoms with Crippen LogP contribution in [-0.2, 0) is 14.3 Å². The van der Waals surface area contributed by atoms with Gasteiger partial charge in [-0.05, 0) is 106 Å². The molecule has 0 aliphatic heterocycles. The number of para-hydroxylation sites is 1. The summed E-state index contributed by atoms with van der Waals surface area (Å²) < 4.78 is 5.64. The molecule has 186 valence electrons. The number of nitrogens with zero attached hydrogens (tertiary/aromatic N) is 1. The van der Waals surface area contributed by atoms with Crippen LogP contribution < -0.4 is 10.2 Å². The number of anilines is 3. The average molecular weight is 540 g/mol. The minimum atomic E-state index is -0.308. The molecule has 0 radical (unpaired) electrons. The Morgan fingerprint density at radius 3 is 2.23 bits per heavy atom. The molecule has 6 heteroatoms. The van der Waals surface area contributed by atoms with Crippen molar-refractivity contribution in [3.8, 4) is 0 Å². The van der Waals surface area contributed by atoms with Gasteiger partial charge in [0.05, 0.1) is 6.42 Å². The fourth-order valence-electron chi connectivity index (χ4n) is 7.28. The van der Waals surface area contributed by atoms with E-state index in [1.807, 2.05) is 42.5 Å². The minimum absolute atomic E-state index is 0.0536. The van der Waals surface area contributed by atoms with Crippen LogP contribution >= 0.6 is 15.9 Å². The number of hydrogen-bond acceptors (Lipinski definition) is 4. The van der Waals surface area contributed by atoms with E-state index in [2.05, 4.69) is 52.1 Å². The number of amides is 1. The van der Waals surface area contributed by atoms with Crippen LogP contribution in [0.15, 0.2) is 54.6 Å². The molecule has 6 rings (SSSR count). The molecule has 0 saturated heterocycles. The van der Waals surface area contributed by atoms with Gasteiger partial charge in [-0.25, -0.2) is 0 Å². The Bertz CT molecular complexity index is 1060. The van der Waals surface area contributed by atoms with Crippen LogP contribution in [0.3, 0.4) is 0 Å². The Labute approximate surface area is 216 Å². The van der Waals surface area contributed by atoms with Crippen molar-refractivity contribution in [2.24, 2.45) is 17.3 Å². The van der Waals surface area contributed by atoms with Gasteiger partial charge in [-0.2, -0.15) is 0 Å². The van der Waals surface area contributed by atoms with E-state index < -0.39 is 0 Å². The Morgan fingerprint density at radius 1 is 1.00 bits per heavy atom. The molecule has 1 amide bonds. The summed E-state index contributed by atoms with van der Waals surface area (Å²) in [5.41, 5.74) is 2.92. The third-order valence-corrected chi connectivity index (χ3v) is 8.90. The van der Waals surface area contributed by atoms with Crippen LogP contribution in [0.2, 0.25) is 0 Å². The van der Waals surface area contributed by atoms with Crippen LogP contribution in [0.5, 0.6) is 0 Å². The van der Waals surface area contributed by atoms with E-state index in [0.717, 1.165) is 42.5 Å². The molecule has 4 bridgehead atoms. The number of hydrogen-bond donors (Lipinski definition) is 1. The molecule has 0 aromatic heterocycles. The number of carbonyl (C=O) groups excluding carboxylic acids is 2. The molecule has 4 saturated carbocycles. The van der Waals surface area contributed by atoms with E-state index in [-0.39, 0.29) is 34.3 Å². The molecule has 0 unspecified atom stereocenters. The highest BCUT2D eigenvalue weighted by atomic mass is 79.9. The Kier molecular flexibility index (Phi) is 6.69. The zero-order valence-electron chi connectivity index (χ0n) is 20.6. The van der Waals surface area contributed by atoms with E-state index in [4.69, 9.17) is 4.74 Å². The molecule has 5 nitrogen and oxygen atoms in total. The highest BCUT2D eigenvalue weighted by molar-refractivity contribution is 9.10. The molecule has 2 aromatic rings. The van der Waals surface area contributed by atoms with Gasteiger partial charge in [0.25, 0.3) is 5.91 Å². The zero-order chi connectivity index (χ0) is 24.6. The maximum Gasteiger partial charge on any atom is 0.306 e. The molecule has 4 aliphatic rings. The minimum Gasteiger partial charge on any atom is -0.456 e. The predicted molar refractivity (Wildman–Crippen MR) is 143 cm³/mol. The van der Waals surface area contributed by atoms with Crippen LogP contribution in [0, 0.1) is 17.3 Å². The first-order valence-corrected chi connectivity index (χ1v) is 13.6. The van der Waals surface area contributed by atoms with Gasteiger partial charge < -0.3 is 15.0 Å². The van der Waals surface area contributed by atoms with Gasteiger partial charge in [0, 0.05) is 27.4 Å². The second-order valence-corrected chi connectivity index (χ2v) is 13.0. The lowest BCUT2D eigenvalue weighted by molar-refractivity contribution is -0.153. The lowest BCUT2D eigenvalue weighted by Crippen LogP contribution is -2.53. The van der Waals surface area contributed by atoms with Gasteiger partial charge in [0.2, 0.25) is 0 Å². The van der Waals surface area contributed by atoms with Crippen molar-refractivity contribution >= 4 is 44.9 Å². The van der Waals surface area contributed by atoms with Crippen LogP contribution in [0.1, 0.15) is 58.8 Å². The van der Waals surface area contributed by atoms with Gasteiger partial charge in [0.15, 0.2) is 6.61 Å². The molecule has 0 spiro atoms. The summed E-state index contributed by atoms with van der Waals surface area (Å²) in [4.78, 5) is 27.4. The van der Waals surface area contributed by atoms with Crippen molar-refractivity contribution in [3.63, 3.8) is 0 Å². The number of rotatable bonds is 8. The standard InChI is InChI=1S/C29H35BrN2O3/c1-20(2)32(24-6-4-3-5-7-24)25-10-8-23(9-11-25)31-26(33)18-35-27(34)17-28-13-21-12-22(14-28)16-29(30,15-21)19-28/h3-11,20-22H,12-19H2,1-2H3,(H,31,33)/t21-,22-,28?,29?/m1/s1. The summed E-state index contributed by atoms with van der Waals surface area (Å²) >= 11 is 4.00. The summed E-state index contributed by atoms with van der Waals surface area (Å²) in [6, 6.07) is 18.3. The van der Waals surface area contributed by atoms with Gasteiger partial charge in [0.1, 0.15) is 0 Å². The van der Waals surface area contributed by atoms with Crippen molar-refractivity contribution < 1.29 is 14.3 Å². The van der Waals surface area contributed by atoms with E-state index in [1.54, 1.807) is 0 Å². The van der Waals surface area contributed by atoms with Crippen molar-refractivity contribution in [2.45, 2.75) is 69.2 Å². The lowest BCUT2D eigenvalue weighted by atomic mass is 9.49. The zero-order valence-corrected chi connectivity index (χ0v) is 22.2. The van der Waals surface area contributed by atoms with E-state index >= 15 is 0 Å². The topological polar surface area (TPSA) is 58.6 Å². The quantitative estimate of drug-likeness (QED) is 0.295. The van der Waals surface area contributed by atoms with Crippen molar-refractivity contribution in [1.29, 1.82) is 0 Å². The number of halogens is 1. The fraction of sp³-hybridized carbons (Fsp3) is 0.517. The first-order valence-electron chi connectivity index (χ1n) is 12.8. The number of benzene rings is 2. The summed E-state index contributed by atoms with van der Waals surface area (Å²) in [5, 5.41) is 2.86. The SMILES string of the molecule is CC(C)N(c1ccccc1)c1ccc(NC(=O)COC(=O)CC23C[C@H]4C[C@@H](CC(Br)(C4)C2)C3)cc1. The molecule has 0 heterocycles. The van der Waals surface area contributed by atoms with E-state index in [1.165, 1.54) is 19.3 Å². The van der Waals surface area contributed by atoms with Crippen LogP contribution in [0.4, 0.5) is 17.1 Å². The first-order chi connectivity index (χ1) is 16.7. The third-order valence-electron chi connectivity index (χ3n) is 7.97. The largest absolute Gasteiger partial charge is 0.456 e. The molecule has 2 aromatic carbocycles. The monoisotopic (exact) mass is 538 g/mol. The Hall–Kier alpha value is -2.34. The van der Waals surface area contributed by atoms with Crippen molar-refractivity contribution in [1.82, 2.24) is 0 Å². The Balaban J connectivity index is 1.13. The van der Waals surface area contributed by atoms with Crippen molar-refractivity contribution in [3.05, 3.63) is 54.6 Å². The summed E-state index contributed by atoms with van der Waals surface area (Å²) in [6.45, 7) is 4.06. The van der Waals surface area contributed by atoms with Gasteiger partial charge >= 0.3 is 5.97 Å². The highest BCUT2D eigenvalue weighted by Crippen LogP contribution is 2.65.